The summed E-state index contributed by atoms with van der Waals surface area (Å²) in [6.45, 7) is 0. The molecular formula is C17H14N2O2. The molecule has 0 saturated carbocycles. The van der Waals surface area contributed by atoms with Crippen molar-refractivity contribution in [2.24, 2.45) is 0 Å². The van der Waals surface area contributed by atoms with Crippen LogP contribution in [0.2, 0.25) is 0 Å². The number of aromatic nitrogens is 2. The molecule has 0 spiro atoms. The molecule has 4 nitrogen and oxygen atoms in total. The van der Waals surface area contributed by atoms with Gasteiger partial charge in [0, 0.05) is 18.3 Å². The highest BCUT2D eigenvalue weighted by Crippen LogP contribution is 2.32. The van der Waals surface area contributed by atoms with E-state index < -0.39 is 0 Å². The summed E-state index contributed by atoms with van der Waals surface area (Å²) >= 11 is 0. The van der Waals surface area contributed by atoms with Crippen LogP contribution in [0.5, 0.6) is 0 Å². The largest absolute Gasteiger partial charge is 0.359 e. The topological polar surface area (TPSA) is 65.7 Å². The molecule has 0 aliphatic heterocycles. The normalized spacial score (nSPS) is 10.7. The Morgan fingerprint density at radius 1 is 0.762 bits per heavy atom. The van der Waals surface area contributed by atoms with E-state index in [9.17, 15) is 9.59 Å². The third kappa shape index (κ3) is 2.56. The van der Waals surface area contributed by atoms with Gasteiger partial charge in [-0.1, -0.05) is 30.3 Å². The molecule has 0 unspecified atom stereocenters. The summed E-state index contributed by atoms with van der Waals surface area (Å²) in [5.74, 6) is -0.0268. The minimum Gasteiger partial charge on any atom is -0.359 e. The van der Waals surface area contributed by atoms with E-state index in [0.717, 1.165) is 29.3 Å². The zero-order valence-electron chi connectivity index (χ0n) is 11.2. The highest BCUT2D eigenvalue weighted by molar-refractivity contribution is 5.74. The van der Waals surface area contributed by atoms with Crippen LogP contribution in [-0.4, -0.2) is 22.5 Å². The Hall–Kier alpha value is -2.88. The molecule has 3 rings (SSSR count). The van der Waals surface area contributed by atoms with Gasteiger partial charge in [-0.15, -0.1) is 0 Å². The minimum atomic E-state index is -0.0268. The van der Waals surface area contributed by atoms with Crippen molar-refractivity contribution in [1.82, 2.24) is 9.97 Å². The molecule has 0 bridgehead atoms. The molecule has 2 aromatic heterocycles. The molecule has 104 valence electrons. The van der Waals surface area contributed by atoms with Gasteiger partial charge in [0.15, 0.2) is 12.6 Å². The summed E-state index contributed by atoms with van der Waals surface area (Å²) in [6.07, 6.45) is 5.24. The summed E-state index contributed by atoms with van der Waals surface area (Å²) in [6, 6.07) is 13.6. The Bertz CT molecular complexity index is 710. The molecule has 0 fully saturated rings. The summed E-state index contributed by atoms with van der Waals surface area (Å²) in [7, 11) is 0. The van der Waals surface area contributed by atoms with E-state index in [1.165, 1.54) is 0 Å². The number of aldehydes is 2. The molecule has 0 radical (unpaired) electrons. The number of benzene rings is 1. The van der Waals surface area contributed by atoms with Crippen molar-refractivity contribution < 1.29 is 9.59 Å². The maximum Gasteiger partial charge on any atom is 0.166 e. The van der Waals surface area contributed by atoms with E-state index in [1.54, 1.807) is 0 Å². The number of aromatic amines is 2. The number of carbonyl (C=O) groups excluding carboxylic acids is 2. The highest BCUT2D eigenvalue weighted by atomic mass is 16.1. The second-order valence-electron chi connectivity index (χ2n) is 4.86. The van der Waals surface area contributed by atoms with Crippen LogP contribution in [0.1, 0.15) is 43.6 Å². The summed E-state index contributed by atoms with van der Waals surface area (Å²) in [5, 5.41) is 0. The fourth-order valence-electron chi connectivity index (χ4n) is 2.55. The average Bonchev–Trinajstić information content (AvgIpc) is 3.18. The Balaban J connectivity index is 2.10. The predicted molar refractivity (Wildman–Crippen MR) is 79.7 cm³/mol. The maximum absolute atomic E-state index is 10.9. The lowest BCUT2D eigenvalue weighted by atomic mass is 9.88. The first-order valence-corrected chi connectivity index (χ1v) is 6.63. The Morgan fingerprint density at radius 3 is 1.71 bits per heavy atom. The number of carbonyl (C=O) groups is 2. The van der Waals surface area contributed by atoms with Gasteiger partial charge in [0.2, 0.25) is 0 Å². The van der Waals surface area contributed by atoms with Crippen LogP contribution in [0, 0.1) is 0 Å². The molecule has 0 aliphatic carbocycles. The first-order chi connectivity index (χ1) is 10.3. The zero-order valence-corrected chi connectivity index (χ0v) is 11.2. The third-order valence-electron chi connectivity index (χ3n) is 3.51. The highest BCUT2D eigenvalue weighted by Gasteiger charge is 2.19. The van der Waals surface area contributed by atoms with Crippen LogP contribution in [0.15, 0.2) is 54.9 Å². The number of H-pyrrole nitrogens is 2. The van der Waals surface area contributed by atoms with Gasteiger partial charge in [-0.3, -0.25) is 9.59 Å². The van der Waals surface area contributed by atoms with E-state index >= 15 is 0 Å². The first-order valence-electron chi connectivity index (χ1n) is 6.63. The van der Waals surface area contributed by atoms with Gasteiger partial charge in [0.05, 0.1) is 11.4 Å². The number of hydrogen-bond acceptors (Lipinski definition) is 2. The fraction of sp³-hybridized carbons (Fsp3) is 0.0588. The Kier molecular flexibility index (Phi) is 3.51. The second kappa shape index (κ2) is 5.63. The Morgan fingerprint density at radius 2 is 1.29 bits per heavy atom. The van der Waals surface area contributed by atoms with Crippen molar-refractivity contribution in [2.75, 3.05) is 0 Å². The van der Waals surface area contributed by atoms with Crippen LogP contribution in [-0.2, 0) is 0 Å². The molecule has 0 aliphatic rings. The van der Waals surface area contributed by atoms with Gasteiger partial charge in [-0.05, 0) is 28.8 Å². The molecule has 4 heteroatoms. The van der Waals surface area contributed by atoms with E-state index in [1.807, 2.05) is 54.9 Å². The van der Waals surface area contributed by atoms with Crippen LogP contribution in [0.3, 0.4) is 0 Å². The summed E-state index contributed by atoms with van der Waals surface area (Å²) in [5.41, 5.74) is 4.15. The molecule has 3 aromatic rings. The maximum atomic E-state index is 10.9. The zero-order chi connectivity index (χ0) is 14.7. The van der Waals surface area contributed by atoms with Gasteiger partial charge in [0.25, 0.3) is 0 Å². The fourth-order valence-corrected chi connectivity index (χ4v) is 2.55. The molecule has 2 heterocycles. The lowest BCUT2D eigenvalue weighted by Gasteiger charge is -2.15. The van der Waals surface area contributed by atoms with Crippen LogP contribution in [0.25, 0.3) is 0 Å². The van der Waals surface area contributed by atoms with Crippen molar-refractivity contribution in [2.45, 2.75) is 5.92 Å². The molecule has 21 heavy (non-hydrogen) atoms. The number of hydrogen-bond donors (Lipinski definition) is 2. The van der Waals surface area contributed by atoms with Crippen LogP contribution < -0.4 is 0 Å². The molecule has 1 aromatic carbocycles. The average molecular weight is 278 g/mol. The summed E-state index contributed by atoms with van der Waals surface area (Å²) < 4.78 is 0. The standard InChI is InChI=1S/C17H14N2O2/c20-10-15-6-13(8-18-15)17(12-4-2-1-3-5-12)14-7-16(11-21)19-9-14/h1-11,17-19H. The molecule has 0 atom stereocenters. The lowest BCUT2D eigenvalue weighted by Crippen LogP contribution is -2.00. The van der Waals surface area contributed by atoms with Crippen LogP contribution >= 0.6 is 0 Å². The molecule has 0 saturated heterocycles. The molecular weight excluding hydrogens is 264 g/mol. The van der Waals surface area contributed by atoms with Gasteiger partial charge in [0.1, 0.15) is 0 Å². The summed E-state index contributed by atoms with van der Waals surface area (Å²) in [4.78, 5) is 27.7. The quantitative estimate of drug-likeness (QED) is 0.704. The third-order valence-corrected chi connectivity index (χ3v) is 3.51. The Labute approximate surface area is 121 Å². The lowest BCUT2D eigenvalue weighted by molar-refractivity contribution is 0.111. The minimum absolute atomic E-state index is 0.0268. The van der Waals surface area contributed by atoms with E-state index in [0.29, 0.717) is 11.4 Å². The SMILES string of the molecule is O=Cc1cc(C(c2ccccc2)c2c[nH]c(C=O)c2)c[nH]1. The van der Waals surface area contributed by atoms with Crippen LogP contribution in [0.4, 0.5) is 0 Å². The van der Waals surface area contributed by atoms with Gasteiger partial charge in [-0.2, -0.15) is 0 Å². The van der Waals surface area contributed by atoms with Gasteiger partial charge in [-0.25, -0.2) is 0 Å². The monoisotopic (exact) mass is 278 g/mol. The van der Waals surface area contributed by atoms with Crippen molar-refractivity contribution in [3.8, 4) is 0 Å². The predicted octanol–water partition coefficient (Wildman–Crippen LogP) is 3.15. The van der Waals surface area contributed by atoms with Crippen molar-refractivity contribution in [3.63, 3.8) is 0 Å². The van der Waals surface area contributed by atoms with Gasteiger partial charge < -0.3 is 9.97 Å². The molecule has 0 amide bonds. The van der Waals surface area contributed by atoms with Crippen molar-refractivity contribution >= 4 is 12.6 Å². The van der Waals surface area contributed by atoms with Gasteiger partial charge >= 0.3 is 0 Å². The first kappa shape index (κ1) is 13.1. The number of rotatable bonds is 5. The van der Waals surface area contributed by atoms with E-state index in [4.69, 9.17) is 0 Å². The van der Waals surface area contributed by atoms with E-state index in [-0.39, 0.29) is 5.92 Å². The van der Waals surface area contributed by atoms with Crippen molar-refractivity contribution in [3.05, 3.63) is 82.9 Å². The second-order valence-corrected chi connectivity index (χ2v) is 4.86. The van der Waals surface area contributed by atoms with E-state index in [2.05, 4.69) is 9.97 Å². The molecule has 2 N–H and O–H groups in total. The number of nitrogens with one attached hydrogen (secondary N) is 2. The smallest absolute Gasteiger partial charge is 0.166 e. The van der Waals surface area contributed by atoms with Crippen molar-refractivity contribution in [1.29, 1.82) is 0 Å².